The summed E-state index contributed by atoms with van der Waals surface area (Å²) in [5.41, 5.74) is 1.62. The van der Waals surface area contributed by atoms with E-state index < -0.39 is 0 Å². The monoisotopic (exact) mass is 275 g/mol. The fraction of sp³-hybridized carbons (Fsp3) is 0.750. The van der Waals surface area contributed by atoms with Crippen LogP contribution in [-0.4, -0.2) is 24.6 Å². The normalized spacial score (nSPS) is 23.7. The summed E-state index contributed by atoms with van der Waals surface area (Å²) < 4.78 is 0. The summed E-state index contributed by atoms with van der Waals surface area (Å²) in [6.07, 6.45) is 1.28. The number of rotatable bonds is 4. The van der Waals surface area contributed by atoms with Crippen molar-refractivity contribution in [1.82, 2.24) is 15.6 Å². The molecule has 0 bridgehead atoms. The Morgan fingerprint density at radius 2 is 2.24 bits per heavy atom. The molecule has 1 aliphatic rings. The third kappa shape index (κ3) is 3.91. The van der Waals surface area contributed by atoms with Gasteiger partial charge in [0.1, 0.15) is 0 Å². The van der Waals surface area contributed by atoms with Crippen LogP contribution in [0.3, 0.4) is 0 Å². The van der Waals surface area contributed by atoms with Gasteiger partial charge in [-0.2, -0.15) is 0 Å². The quantitative estimate of drug-likeness (QED) is 0.885. The molecule has 1 fully saturated rings. The lowest BCUT2D eigenvalue weighted by Gasteiger charge is -2.22. The smallest absolute Gasteiger partial charge is 0.0900 e. The Morgan fingerprint density at radius 1 is 1.47 bits per heavy atom. The number of thiazole rings is 1. The third-order valence-electron chi connectivity index (χ3n) is 3.29. The van der Waals surface area contributed by atoms with Gasteiger partial charge < -0.3 is 10.6 Å². The van der Waals surface area contributed by atoms with Gasteiger partial charge in [-0.25, -0.2) is 4.98 Å². The highest BCUT2D eigenvalue weighted by Crippen LogP contribution is 2.23. The minimum atomic E-state index is 0. The molecule has 1 saturated heterocycles. The molecule has 2 heterocycles. The minimum Gasteiger partial charge on any atom is -0.316 e. The average Bonchev–Trinajstić information content (AvgIpc) is 2.75. The summed E-state index contributed by atoms with van der Waals surface area (Å²) in [5, 5.41) is 8.17. The highest BCUT2D eigenvalue weighted by Gasteiger charge is 2.27. The number of nitrogens with zero attached hydrogens (tertiary/aromatic N) is 1. The number of hydrogen-bond donors (Lipinski definition) is 2. The van der Waals surface area contributed by atoms with Crippen LogP contribution in [0, 0.1) is 19.3 Å². The third-order valence-corrected chi connectivity index (χ3v) is 4.37. The molecule has 17 heavy (non-hydrogen) atoms. The zero-order valence-electron chi connectivity index (χ0n) is 10.8. The summed E-state index contributed by atoms with van der Waals surface area (Å²) >= 11 is 1.81. The average molecular weight is 276 g/mol. The highest BCUT2D eigenvalue weighted by molar-refractivity contribution is 7.11. The van der Waals surface area contributed by atoms with Gasteiger partial charge >= 0.3 is 0 Å². The Balaban J connectivity index is 0.00000144. The van der Waals surface area contributed by atoms with Crippen molar-refractivity contribution in [1.29, 1.82) is 0 Å². The Kier molecular flexibility index (Phi) is 5.38. The first-order chi connectivity index (χ1) is 7.59. The van der Waals surface area contributed by atoms with E-state index in [1.807, 2.05) is 0 Å². The largest absolute Gasteiger partial charge is 0.316 e. The lowest BCUT2D eigenvalue weighted by molar-refractivity contribution is 0.339. The maximum absolute atomic E-state index is 4.44. The summed E-state index contributed by atoms with van der Waals surface area (Å²) in [5.74, 6) is 0. The molecule has 0 amide bonds. The van der Waals surface area contributed by atoms with Crippen LogP contribution in [0.1, 0.15) is 28.9 Å². The Labute approximate surface area is 114 Å². The summed E-state index contributed by atoms with van der Waals surface area (Å²) in [6, 6.07) is 0. The van der Waals surface area contributed by atoms with E-state index in [-0.39, 0.29) is 12.4 Å². The zero-order valence-corrected chi connectivity index (χ0v) is 12.4. The van der Waals surface area contributed by atoms with Gasteiger partial charge in [0.2, 0.25) is 0 Å². The van der Waals surface area contributed by atoms with Crippen molar-refractivity contribution in [2.75, 3.05) is 19.6 Å². The fourth-order valence-electron chi connectivity index (χ4n) is 2.23. The molecule has 0 aromatic carbocycles. The van der Waals surface area contributed by atoms with Crippen LogP contribution in [-0.2, 0) is 6.54 Å². The molecule has 2 rings (SSSR count). The molecule has 1 aromatic heterocycles. The summed E-state index contributed by atoms with van der Waals surface area (Å²) in [7, 11) is 0. The summed E-state index contributed by atoms with van der Waals surface area (Å²) in [6.45, 7) is 10.9. The van der Waals surface area contributed by atoms with Crippen molar-refractivity contribution >= 4 is 23.7 Å². The molecule has 5 heteroatoms. The second-order valence-electron chi connectivity index (χ2n) is 5.08. The molecule has 1 aliphatic heterocycles. The van der Waals surface area contributed by atoms with E-state index in [1.165, 1.54) is 22.0 Å². The molecule has 0 aliphatic carbocycles. The van der Waals surface area contributed by atoms with Crippen LogP contribution in [0.25, 0.3) is 0 Å². The zero-order chi connectivity index (χ0) is 11.6. The molecule has 1 atom stereocenters. The number of aryl methyl sites for hydroxylation is 2. The second-order valence-corrected chi connectivity index (χ2v) is 6.37. The van der Waals surface area contributed by atoms with Gasteiger partial charge in [0.05, 0.1) is 10.7 Å². The van der Waals surface area contributed by atoms with E-state index in [4.69, 9.17) is 0 Å². The van der Waals surface area contributed by atoms with Gasteiger partial charge in [-0.3, -0.25) is 0 Å². The van der Waals surface area contributed by atoms with E-state index >= 15 is 0 Å². The van der Waals surface area contributed by atoms with Gasteiger partial charge in [-0.15, -0.1) is 23.7 Å². The molecular formula is C12H22ClN3S. The van der Waals surface area contributed by atoms with Crippen molar-refractivity contribution in [3.8, 4) is 0 Å². The lowest BCUT2D eigenvalue weighted by Crippen LogP contribution is -2.33. The Hall–Kier alpha value is -0.160. The van der Waals surface area contributed by atoms with E-state index in [2.05, 4.69) is 36.4 Å². The number of aromatic nitrogens is 1. The molecule has 3 nitrogen and oxygen atoms in total. The highest BCUT2D eigenvalue weighted by atomic mass is 35.5. The molecule has 0 radical (unpaired) electrons. The van der Waals surface area contributed by atoms with Crippen LogP contribution in [0.4, 0.5) is 0 Å². The fourth-order valence-corrected chi connectivity index (χ4v) is 3.14. The maximum atomic E-state index is 4.44. The van der Waals surface area contributed by atoms with E-state index in [1.54, 1.807) is 11.3 Å². The lowest BCUT2D eigenvalue weighted by atomic mass is 9.90. The van der Waals surface area contributed by atoms with Crippen molar-refractivity contribution in [3.63, 3.8) is 0 Å². The van der Waals surface area contributed by atoms with E-state index in [0.29, 0.717) is 5.41 Å². The first-order valence-electron chi connectivity index (χ1n) is 5.93. The van der Waals surface area contributed by atoms with Crippen molar-refractivity contribution in [2.45, 2.75) is 33.7 Å². The first kappa shape index (κ1) is 14.9. The molecule has 98 valence electrons. The molecule has 0 saturated carbocycles. The topological polar surface area (TPSA) is 37.0 Å². The van der Waals surface area contributed by atoms with Crippen molar-refractivity contribution in [2.24, 2.45) is 5.41 Å². The molecule has 1 aromatic rings. The van der Waals surface area contributed by atoms with Gasteiger partial charge in [-0.05, 0) is 32.2 Å². The number of halogens is 1. The number of hydrogen-bond acceptors (Lipinski definition) is 4. The first-order valence-corrected chi connectivity index (χ1v) is 6.75. The summed E-state index contributed by atoms with van der Waals surface area (Å²) in [4.78, 5) is 5.83. The Bertz CT molecular complexity index is 359. The van der Waals surface area contributed by atoms with Crippen molar-refractivity contribution < 1.29 is 0 Å². The van der Waals surface area contributed by atoms with Gasteiger partial charge in [0, 0.05) is 24.5 Å². The van der Waals surface area contributed by atoms with Crippen LogP contribution in [0.15, 0.2) is 0 Å². The predicted molar refractivity (Wildman–Crippen MR) is 76.1 cm³/mol. The van der Waals surface area contributed by atoms with Gasteiger partial charge in [0.25, 0.3) is 0 Å². The van der Waals surface area contributed by atoms with Gasteiger partial charge in [0.15, 0.2) is 0 Å². The van der Waals surface area contributed by atoms with E-state index in [9.17, 15) is 0 Å². The molecular weight excluding hydrogens is 254 g/mol. The van der Waals surface area contributed by atoms with Crippen LogP contribution in [0.2, 0.25) is 0 Å². The van der Waals surface area contributed by atoms with E-state index in [0.717, 1.165) is 26.2 Å². The molecule has 1 unspecified atom stereocenters. The molecule has 2 N–H and O–H groups in total. The number of nitrogens with one attached hydrogen (secondary N) is 2. The van der Waals surface area contributed by atoms with Crippen LogP contribution in [0.5, 0.6) is 0 Å². The Morgan fingerprint density at radius 3 is 2.76 bits per heavy atom. The molecule has 0 spiro atoms. The second kappa shape index (κ2) is 6.14. The minimum absolute atomic E-state index is 0. The standard InChI is InChI=1S/C12H21N3S.ClH/c1-9-11(16-10(2)15-9)6-14-8-12(3)4-5-13-7-12;/h13-14H,4-8H2,1-3H3;1H. The maximum Gasteiger partial charge on any atom is 0.0900 e. The van der Waals surface area contributed by atoms with Crippen LogP contribution < -0.4 is 10.6 Å². The predicted octanol–water partition coefficient (Wildman–Crippen LogP) is 2.27. The van der Waals surface area contributed by atoms with Gasteiger partial charge in [-0.1, -0.05) is 6.92 Å². The SMILES string of the molecule is Cc1nc(C)c(CNCC2(C)CCNC2)s1.Cl. The van der Waals surface area contributed by atoms with Crippen molar-refractivity contribution in [3.05, 3.63) is 15.6 Å². The van der Waals surface area contributed by atoms with Crippen LogP contribution >= 0.6 is 23.7 Å².